The Labute approximate surface area is 197 Å². The molecule has 0 atom stereocenters. The highest BCUT2D eigenvalue weighted by Crippen LogP contribution is 2.27. The van der Waals surface area contributed by atoms with Gasteiger partial charge in [-0.05, 0) is 36.5 Å². The summed E-state index contributed by atoms with van der Waals surface area (Å²) in [5.41, 5.74) is 3.09. The molecule has 4 rings (SSSR count). The fraction of sp³-hybridized carbons (Fsp3) is 0.308. The minimum Gasteiger partial charge on any atom is -0.325 e. The van der Waals surface area contributed by atoms with E-state index in [-0.39, 0.29) is 19.0 Å². The Morgan fingerprint density at radius 1 is 1.03 bits per heavy atom. The summed E-state index contributed by atoms with van der Waals surface area (Å²) in [6, 6.07) is 15.3. The fourth-order valence-corrected chi connectivity index (χ4v) is 4.19. The van der Waals surface area contributed by atoms with Crippen molar-refractivity contribution in [2.24, 2.45) is 0 Å². The molecule has 0 radical (unpaired) electrons. The minimum atomic E-state index is -0.563. The average molecular weight is 460 g/mol. The zero-order valence-electron chi connectivity index (χ0n) is 19.9. The maximum absolute atomic E-state index is 13.4. The number of rotatable bonds is 7. The Hall–Kier alpha value is -3.94. The quantitative estimate of drug-likeness (QED) is 0.458. The highest BCUT2D eigenvalue weighted by molar-refractivity contribution is 5.92. The normalized spacial score (nSPS) is 11.3. The monoisotopic (exact) mass is 459 g/mol. The number of amides is 1. The number of nitrogens with one attached hydrogen (secondary N) is 1. The van der Waals surface area contributed by atoms with Crippen LogP contribution in [0.5, 0.6) is 0 Å². The summed E-state index contributed by atoms with van der Waals surface area (Å²) in [4.78, 5) is 44.2. The molecule has 0 aliphatic carbocycles. The molecule has 0 saturated heterocycles. The van der Waals surface area contributed by atoms with Crippen LogP contribution in [0.4, 0.5) is 5.69 Å². The summed E-state index contributed by atoms with van der Waals surface area (Å²) < 4.78 is 4.16. The summed E-state index contributed by atoms with van der Waals surface area (Å²) >= 11 is 0. The first kappa shape index (κ1) is 23.2. The Bertz CT molecular complexity index is 1460. The van der Waals surface area contributed by atoms with Gasteiger partial charge in [0.1, 0.15) is 6.54 Å². The van der Waals surface area contributed by atoms with Gasteiger partial charge in [0.25, 0.3) is 5.56 Å². The zero-order valence-corrected chi connectivity index (χ0v) is 19.9. The number of hydrogen-bond donors (Lipinski definition) is 1. The van der Waals surface area contributed by atoms with Gasteiger partial charge in [0, 0.05) is 12.2 Å². The lowest BCUT2D eigenvalue weighted by Gasteiger charge is -2.17. The third-order valence-corrected chi connectivity index (χ3v) is 6.00. The molecule has 1 amide bonds. The number of aromatic nitrogens is 4. The second-order valence-corrected chi connectivity index (χ2v) is 8.69. The lowest BCUT2D eigenvalue weighted by Crippen LogP contribution is -2.43. The van der Waals surface area contributed by atoms with Gasteiger partial charge in [-0.2, -0.15) is 0 Å². The molecule has 0 bridgehead atoms. The maximum atomic E-state index is 13.4. The number of aryl methyl sites for hydroxylation is 2. The van der Waals surface area contributed by atoms with Gasteiger partial charge < -0.3 is 9.88 Å². The second-order valence-electron chi connectivity index (χ2n) is 8.69. The zero-order chi connectivity index (χ0) is 24.4. The fourth-order valence-electron chi connectivity index (χ4n) is 4.19. The summed E-state index contributed by atoms with van der Waals surface area (Å²) in [6.45, 7) is 8.30. The number of anilines is 1. The van der Waals surface area contributed by atoms with Crippen LogP contribution in [0.15, 0.2) is 64.4 Å². The molecule has 0 fully saturated rings. The van der Waals surface area contributed by atoms with Crippen LogP contribution in [0.1, 0.15) is 43.4 Å². The molecule has 2 heterocycles. The van der Waals surface area contributed by atoms with E-state index in [1.54, 1.807) is 10.9 Å². The standard InChI is InChI=1S/C26H29N5O3/c1-5-29-16-27-24-23(29)25(33)31(26(34)30(24)14-19-11-7-6-8-12-19)15-21(32)28-22-18(4)10-9-13-20(22)17(2)3/h6-13,16-17H,5,14-15H2,1-4H3,(H,28,32). The predicted octanol–water partition coefficient (Wildman–Crippen LogP) is 3.50. The van der Waals surface area contributed by atoms with Crippen molar-refractivity contribution in [1.82, 2.24) is 18.7 Å². The van der Waals surface area contributed by atoms with E-state index < -0.39 is 17.2 Å². The van der Waals surface area contributed by atoms with E-state index in [9.17, 15) is 14.4 Å². The molecule has 0 saturated carbocycles. The van der Waals surface area contributed by atoms with E-state index in [1.807, 2.05) is 62.4 Å². The molecular formula is C26H29N5O3. The number of benzene rings is 2. The summed E-state index contributed by atoms with van der Waals surface area (Å²) in [6.07, 6.45) is 1.56. The third kappa shape index (κ3) is 4.31. The Kier molecular flexibility index (Phi) is 6.49. The highest BCUT2D eigenvalue weighted by Gasteiger charge is 2.20. The van der Waals surface area contributed by atoms with Crippen molar-refractivity contribution < 1.29 is 4.79 Å². The number of fused-ring (bicyclic) bond motifs is 1. The van der Waals surface area contributed by atoms with Crippen LogP contribution in [0.25, 0.3) is 11.2 Å². The molecule has 176 valence electrons. The van der Waals surface area contributed by atoms with Crippen LogP contribution in [0.3, 0.4) is 0 Å². The SMILES string of the molecule is CCn1cnc2c1c(=O)n(CC(=O)Nc1c(C)cccc1C(C)C)c(=O)n2Cc1ccccc1. The predicted molar refractivity (Wildman–Crippen MR) is 133 cm³/mol. The Morgan fingerprint density at radius 2 is 1.76 bits per heavy atom. The van der Waals surface area contributed by atoms with E-state index in [4.69, 9.17) is 0 Å². The van der Waals surface area contributed by atoms with E-state index >= 15 is 0 Å². The lowest BCUT2D eigenvalue weighted by atomic mass is 9.98. The molecule has 2 aromatic carbocycles. The number of para-hydroxylation sites is 1. The maximum Gasteiger partial charge on any atom is 0.333 e. The first-order chi connectivity index (χ1) is 16.3. The molecule has 2 aromatic heterocycles. The number of nitrogens with zero attached hydrogens (tertiary/aromatic N) is 4. The second kappa shape index (κ2) is 9.51. The first-order valence-electron chi connectivity index (χ1n) is 11.4. The molecule has 4 aromatic rings. The minimum absolute atomic E-state index is 0.205. The van der Waals surface area contributed by atoms with Gasteiger partial charge in [0.2, 0.25) is 5.91 Å². The van der Waals surface area contributed by atoms with Gasteiger partial charge in [-0.15, -0.1) is 0 Å². The van der Waals surface area contributed by atoms with Crippen molar-refractivity contribution in [3.63, 3.8) is 0 Å². The van der Waals surface area contributed by atoms with Gasteiger partial charge in [-0.3, -0.25) is 14.2 Å². The first-order valence-corrected chi connectivity index (χ1v) is 11.4. The van der Waals surface area contributed by atoms with E-state index in [2.05, 4.69) is 24.1 Å². The van der Waals surface area contributed by atoms with E-state index in [1.165, 1.54) is 4.57 Å². The van der Waals surface area contributed by atoms with Crippen LogP contribution in [-0.4, -0.2) is 24.6 Å². The van der Waals surface area contributed by atoms with E-state index in [0.29, 0.717) is 17.7 Å². The van der Waals surface area contributed by atoms with Gasteiger partial charge in [0.15, 0.2) is 11.2 Å². The molecule has 0 spiro atoms. The summed E-state index contributed by atoms with van der Waals surface area (Å²) in [7, 11) is 0. The van der Waals surface area contributed by atoms with Crippen LogP contribution in [-0.2, 0) is 24.4 Å². The molecule has 0 unspecified atom stereocenters. The van der Waals surface area contributed by atoms with Crippen molar-refractivity contribution >= 4 is 22.8 Å². The van der Waals surface area contributed by atoms with Crippen LogP contribution < -0.4 is 16.6 Å². The molecule has 0 aliphatic rings. The highest BCUT2D eigenvalue weighted by atomic mass is 16.2. The number of imidazole rings is 1. The third-order valence-electron chi connectivity index (χ3n) is 6.00. The van der Waals surface area contributed by atoms with Crippen molar-refractivity contribution in [3.05, 3.63) is 92.4 Å². The molecular weight excluding hydrogens is 430 g/mol. The molecule has 1 N–H and O–H groups in total. The lowest BCUT2D eigenvalue weighted by molar-refractivity contribution is -0.116. The summed E-state index contributed by atoms with van der Waals surface area (Å²) in [5.74, 6) is -0.222. The van der Waals surface area contributed by atoms with Crippen molar-refractivity contribution in [2.45, 2.75) is 53.2 Å². The van der Waals surface area contributed by atoms with Crippen LogP contribution >= 0.6 is 0 Å². The smallest absolute Gasteiger partial charge is 0.325 e. The van der Waals surface area contributed by atoms with Gasteiger partial charge >= 0.3 is 5.69 Å². The largest absolute Gasteiger partial charge is 0.333 e. The van der Waals surface area contributed by atoms with E-state index in [0.717, 1.165) is 26.9 Å². The van der Waals surface area contributed by atoms with Crippen LogP contribution in [0.2, 0.25) is 0 Å². The number of carbonyl (C=O) groups is 1. The summed E-state index contributed by atoms with van der Waals surface area (Å²) in [5, 5.41) is 2.93. The van der Waals surface area contributed by atoms with Crippen molar-refractivity contribution in [1.29, 1.82) is 0 Å². The Balaban J connectivity index is 1.78. The Morgan fingerprint density at radius 3 is 2.44 bits per heavy atom. The van der Waals surface area contributed by atoms with Gasteiger partial charge in [0.05, 0.1) is 12.9 Å². The van der Waals surface area contributed by atoms with Gasteiger partial charge in [-0.1, -0.05) is 62.4 Å². The number of carbonyl (C=O) groups excluding carboxylic acids is 1. The average Bonchev–Trinajstić information content (AvgIpc) is 3.25. The number of hydrogen-bond acceptors (Lipinski definition) is 4. The topological polar surface area (TPSA) is 90.9 Å². The molecule has 8 heteroatoms. The van der Waals surface area contributed by atoms with Crippen LogP contribution in [0, 0.1) is 6.92 Å². The molecule has 8 nitrogen and oxygen atoms in total. The van der Waals surface area contributed by atoms with Crippen molar-refractivity contribution in [3.8, 4) is 0 Å². The van der Waals surface area contributed by atoms with Crippen molar-refractivity contribution in [2.75, 3.05) is 5.32 Å². The van der Waals surface area contributed by atoms with Gasteiger partial charge in [-0.25, -0.2) is 14.3 Å². The molecule has 0 aliphatic heterocycles. The molecule has 34 heavy (non-hydrogen) atoms.